The number of carboxylic acids is 1. The Hall–Kier alpha value is -2.58. The van der Waals surface area contributed by atoms with Crippen LogP contribution in [0, 0.1) is 5.92 Å². The van der Waals surface area contributed by atoms with Gasteiger partial charge in [-0.3, -0.25) is 9.59 Å². The molecule has 0 fully saturated rings. The van der Waals surface area contributed by atoms with Gasteiger partial charge in [0.15, 0.2) is 0 Å². The van der Waals surface area contributed by atoms with E-state index in [0.29, 0.717) is 18.6 Å². The number of hydrogen-bond acceptors (Lipinski definition) is 3. The van der Waals surface area contributed by atoms with Crippen molar-refractivity contribution >= 4 is 23.5 Å². The number of rotatable bonds is 6. The fraction of sp³-hybridized carbons (Fsp3) is 0.438. The molecule has 0 spiro atoms. The lowest BCUT2D eigenvalue weighted by molar-refractivity contribution is -0.140. The van der Waals surface area contributed by atoms with Crippen molar-refractivity contribution in [1.29, 1.82) is 0 Å². The zero-order valence-corrected chi connectivity index (χ0v) is 13.9. The molecule has 2 unspecified atom stereocenters. The highest BCUT2D eigenvalue weighted by Gasteiger charge is 2.33. The van der Waals surface area contributed by atoms with E-state index in [1.807, 2.05) is 0 Å². The highest BCUT2D eigenvalue weighted by molar-refractivity contribution is 5.99. The standard InChI is InChI=1S/C16H19F3N2O4/c1-4-8(2)13(15(24)25)21-14(23)10-5-11(16(17,18)19)7-12(6-10)20-9(3)22/h5-8,13H,4H2,1-3H3,(H,20,22)(H,21,23)(H,24,25). The Morgan fingerprint density at radius 3 is 2.24 bits per heavy atom. The maximum Gasteiger partial charge on any atom is 0.416 e. The van der Waals surface area contributed by atoms with Crippen molar-refractivity contribution in [2.45, 2.75) is 39.4 Å². The molecule has 1 aromatic rings. The van der Waals surface area contributed by atoms with Crippen molar-refractivity contribution in [1.82, 2.24) is 5.32 Å². The Kier molecular flexibility index (Phi) is 6.55. The van der Waals surface area contributed by atoms with E-state index in [2.05, 4.69) is 10.6 Å². The van der Waals surface area contributed by atoms with Crippen LogP contribution in [0.3, 0.4) is 0 Å². The summed E-state index contributed by atoms with van der Waals surface area (Å²) in [6.07, 6.45) is -4.27. The average molecular weight is 360 g/mol. The second-order valence-corrected chi connectivity index (χ2v) is 5.65. The largest absolute Gasteiger partial charge is 0.480 e. The van der Waals surface area contributed by atoms with Crippen LogP contribution in [-0.2, 0) is 15.8 Å². The number of alkyl halides is 3. The quantitative estimate of drug-likeness (QED) is 0.727. The van der Waals surface area contributed by atoms with Crippen molar-refractivity contribution in [2.75, 3.05) is 5.32 Å². The summed E-state index contributed by atoms with van der Waals surface area (Å²) in [4.78, 5) is 34.6. The Balaban J connectivity index is 3.23. The lowest BCUT2D eigenvalue weighted by Crippen LogP contribution is -2.45. The van der Waals surface area contributed by atoms with Crippen LogP contribution in [0.2, 0.25) is 0 Å². The van der Waals surface area contributed by atoms with Gasteiger partial charge >= 0.3 is 12.1 Å². The van der Waals surface area contributed by atoms with E-state index in [1.165, 1.54) is 0 Å². The number of anilines is 1. The normalized spacial score (nSPS) is 13.7. The first-order chi connectivity index (χ1) is 11.5. The molecule has 9 heteroatoms. The van der Waals surface area contributed by atoms with Crippen molar-refractivity contribution in [3.8, 4) is 0 Å². The minimum Gasteiger partial charge on any atom is -0.480 e. The van der Waals surface area contributed by atoms with Gasteiger partial charge in [0.05, 0.1) is 5.56 Å². The second-order valence-electron chi connectivity index (χ2n) is 5.65. The molecule has 1 rings (SSSR count). The lowest BCUT2D eigenvalue weighted by Gasteiger charge is -2.20. The van der Waals surface area contributed by atoms with Gasteiger partial charge in [-0.2, -0.15) is 13.2 Å². The number of halogens is 3. The lowest BCUT2D eigenvalue weighted by atomic mass is 9.98. The molecule has 0 saturated carbocycles. The van der Waals surface area contributed by atoms with E-state index in [1.54, 1.807) is 13.8 Å². The zero-order chi connectivity index (χ0) is 19.4. The number of carbonyl (C=O) groups excluding carboxylic acids is 2. The smallest absolute Gasteiger partial charge is 0.416 e. The van der Waals surface area contributed by atoms with Gasteiger partial charge in [-0.05, 0) is 24.1 Å². The summed E-state index contributed by atoms with van der Waals surface area (Å²) in [5, 5.41) is 13.6. The Morgan fingerprint density at radius 1 is 1.20 bits per heavy atom. The summed E-state index contributed by atoms with van der Waals surface area (Å²) < 4.78 is 39.0. The van der Waals surface area contributed by atoms with Crippen molar-refractivity contribution in [3.05, 3.63) is 29.3 Å². The molecule has 0 heterocycles. The summed E-state index contributed by atoms with van der Waals surface area (Å²) in [5.41, 5.74) is -1.73. The van der Waals surface area contributed by atoms with Crippen LogP contribution >= 0.6 is 0 Å². The third-order valence-corrected chi connectivity index (χ3v) is 3.61. The van der Waals surface area contributed by atoms with Crippen LogP contribution in [0.5, 0.6) is 0 Å². The van der Waals surface area contributed by atoms with Gasteiger partial charge in [-0.1, -0.05) is 20.3 Å². The van der Waals surface area contributed by atoms with Crippen LogP contribution in [0.4, 0.5) is 18.9 Å². The van der Waals surface area contributed by atoms with Crippen LogP contribution in [-0.4, -0.2) is 28.9 Å². The summed E-state index contributed by atoms with van der Waals surface area (Å²) in [7, 11) is 0. The van der Waals surface area contributed by atoms with Gasteiger partial charge in [-0.15, -0.1) is 0 Å². The van der Waals surface area contributed by atoms with E-state index in [0.717, 1.165) is 13.0 Å². The van der Waals surface area contributed by atoms with E-state index < -0.39 is 47.0 Å². The van der Waals surface area contributed by atoms with Crippen LogP contribution in [0.15, 0.2) is 18.2 Å². The van der Waals surface area contributed by atoms with Gasteiger partial charge < -0.3 is 15.7 Å². The van der Waals surface area contributed by atoms with Crippen molar-refractivity contribution in [3.63, 3.8) is 0 Å². The maximum atomic E-state index is 13.0. The number of nitrogens with one attached hydrogen (secondary N) is 2. The van der Waals surface area contributed by atoms with Crippen molar-refractivity contribution < 1.29 is 32.7 Å². The van der Waals surface area contributed by atoms with Crippen LogP contribution in [0.25, 0.3) is 0 Å². The monoisotopic (exact) mass is 360 g/mol. The third-order valence-electron chi connectivity index (χ3n) is 3.61. The number of carbonyl (C=O) groups is 3. The number of carboxylic acid groups (broad SMARTS) is 1. The topological polar surface area (TPSA) is 95.5 Å². The van der Waals surface area contributed by atoms with Crippen LogP contribution < -0.4 is 10.6 Å². The highest BCUT2D eigenvalue weighted by atomic mass is 19.4. The molecule has 0 radical (unpaired) electrons. The highest BCUT2D eigenvalue weighted by Crippen LogP contribution is 2.32. The van der Waals surface area contributed by atoms with E-state index in [9.17, 15) is 32.7 Å². The second kappa shape index (κ2) is 8.00. The SMILES string of the molecule is CCC(C)C(NC(=O)c1cc(NC(C)=O)cc(C(F)(F)F)c1)C(=O)O. The molecule has 6 nitrogen and oxygen atoms in total. The molecule has 1 aromatic carbocycles. The zero-order valence-electron chi connectivity index (χ0n) is 13.9. The molecule has 2 atom stereocenters. The van der Waals surface area contributed by atoms with Gasteiger partial charge in [0, 0.05) is 18.2 Å². The minimum atomic E-state index is -4.73. The molecule has 25 heavy (non-hydrogen) atoms. The van der Waals surface area contributed by atoms with Crippen molar-refractivity contribution in [2.24, 2.45) is 5.92 Å². The van der Waals surface area contributed by atoms with Crippen LogP contribution in [0.1, 0.15) is 43.1 Å². The summed E-state index contributed by atoms with van der Waals surface area (Å²) >= 11 is 0. The Morgan fingerprint density at radius 2 is 1.80 bits per heavy atom. The fourth-order valence-electron chi connectivity index (χ4n) is 2.11. The van der Waals surface area contributed by atoms with Gasteiger partial charge in [0.2, 0.25) is 5.91 Å². The molecular weight excluding hydrogens is 341 g/mol. The first-order valence-corrected chi connectivity index (χ1v) is 7.49. The molecule has 0 aliphatic heterocycles. The molecule has 138 valence electrons. The van der Waals surface area contributed by atoms with Gasteiger partial charge in [-0.25, -0.2) is 4.79 Å². The first kappa shape index (κ1) is 20.5. The van der Waals surface area contributed by atoms with E-state index in [-0.39, 0.29) is 5.69 Å². The van der Waals surface area contributed by atoms with Gasteiger partial charge in [0.25, 0.3) is 5.91 Å². The Bertz CT molecular complexity index is 674. The summed E-state index contributed by atoms with van der Waals surface area (Å²) in [6, 6.07) is 1.12. The average Bonchev–Trinajstić information content (AvgIpc) is 2.49. The molecular formula is C16H19F3N2O4. The number of amides is 2. The minimum absolute atomic E-state index is 0.206. The summed E-state index contributed by atoms with van der Waals surface area (Å²) in [6.45, 7) is 4.45. The number of aliphatic carboxylic acids is 1. The van der Waals surface area contributed by atoms with Gasteiger partial charge in [0.1, 0.15) is 6.04 Å². The maximum absolute atomic E-state index is 13.0. The fourth-order valence-corrected chi connectivity index (χ4v) is 2.11. The molecule has 0 saturated heterocycles. The molecule has 2 amide bonds. The number of benzene rings is 1. The molecule has 3 N–H and O–H groups in total. The predicted octanol–water partition coefficient (Wildman–Crippen LogP) is 2.89. The van der Waals surface area contributed by atoms with E-state index >= 15 is 0 Å². The molecule has 0 aromatic heterocycles. The summed E-state index contributed by atoms with van der Waals surface area (Å²) in [5.74, 6) is -3.27. The Labute approximate surface area is 142 Å². The predicted molar refractivity (Wildman–Crippen MR) is 84.1 cm³/mol. The number of hydrogen-bond donors (Lipinski definition) is 3. The molecule has 0 bridgehead atoms. The van der Waals surface area contributed by atoms with E-state index in [4.69, 9.17) is 0 Å². The molecule has 0 aliphatic carbocycles. The first-order valence-electron chi connectivity index (χ1n) is 7.49. The third kappa shape index (κ3) is 5.77. The molecule has 0 aliphatic rings.